The van der Waals surface area contributed by atoms with Gasteiger partial charge in [0.05, 0.1) is 0 Å². The minimum absolute atomic E-state index is 0.114. The molecule has 0 aliphatic carbocycles. The molecule has 0 bridgehead atoms. The second kappa shape index (κ2) is 12.2. The molecule has 7 heteroatoms. The van der Waals surface area contributed by atoms with Crippen LogP contribution in [-0.2, 0) is 0 Å². The highest BCUT2D eigenvalue weighted by molar-refractivity contribution is 8.49. The Hall–Kier alpha value is -2.76. The van der Waals surface area contributed by atoms with Crippen LogP contribution in [0.25, 0.3) is 43.5 Å². The van der Waals surface area contributed by atoms with Crippen LogP contribution >= 0.6 is 28.1 Å². The van der Waals surface area contributed by atoms with Crippen LogP contribution in [0.3, 0.4) is 0 Å². The molecular formula is C37H45BNO2PS2. The minimum Gasteiger partial charge on any atom is -0.407 e. The molecule has 230 valence electrons. The zero-order valence-corrected chi connectivity index (χ0v) is 29.9. The summed E-state index contributed by atoms with van der Waals surface area (Å²) in [6, 6.07) is 33.4. The Bertz CT molecular complexity index is 2020. The highest BCUT2D eigenvalue weighted by Crippen LogP contribution is 2.59. The molecular weight excluding hydrogens is 596 g/mol. The fraction of sp³-hybridized carbons (Fsp3) is 0.297. The molecule has 1 heterocycles. The fourth-order valence-corrected chi connectivity index (χ4v) is 11.1. The first-order chi connectivity index (χ1) is 21.1. The van der Waals surface area contributed by atoms with Gasteiger partial charge in [0.25, 0.3) is 0 Å². The highest BCUT2D eigenvalue weighted by Gasteiger charge is 2.28. The Labute approximate surface area is 267 Å². The van der Waals surface area contributed by atoms with Crippen molar-refractivity contribution in [3.05, 3.63) is 96.6 Å². The van der Waals surface area contributed by atoms with Crippen molar-refractivity contribution in [2.45, 2.75) is 43.5 Å². The van der Waals surface area contributed by atoms with Crippen LogP contribution in [0.1, 0.15) is 39.3 Å². The third-order valence-electron chi connectivity index (χ3n) is 9.75. The van der Waals surface area contributed by atoms with E-state index in [9.17, 15) is 0 Å². The van der Waals surface area contributed by atoms with E-state index in [1.807, 2.05) is 0 Å². The maximum atomic E-state index is 7.38. The van der Waals surface area contributed by atoms with Crippen molar-refractivity contribution >= 4 is 78.7 Å². The summed E-state index contributed by atoms with van der Waals surface area (Å²) in [5.41, 5.74) is 3.28. The van der Waals surface area contributed by atoms with Gasteiger partial charge in [-0.15, -0.1) is 0 Å². The van der Waals surface area contributed by atoms with Gasteiger partial charge in [0.15, 0.2) is 18.3 Å². The van der Waals surface area contributed by atoms with Crippen molar-refractivity contribution in [2.75, 3.05) is 41.5 Å². The summed E-state index contributed by atoms with van der Waals surface area (Å²) in [5, 5.41) is 7.38. The molecule has 0 fully saturated rings. The molecule has 0 N–H and O–H groups in total. The SMILES string of the molecule is BS(C)(CC)c1cc2ccccc2c2c1op(N(C)[C@@H](C)c1ccccc1)oc1c(S(C)(CC)CC)cc3ccccc3c12. The molecule has 6 aromatic rings. The van der Waals surface area contributed by atoms with Crippen molar-refractivity contribution in [1.29, 1.82) is 0 Å². The molecule has 0 aliphatic rings. The highest BCUT2D eigenvalue weighted by atomic mass is 32.3. The predicted octanol–water partition coefficient (Wildman–Crippen LogP) is 11.1. The lowest BCUT2D eigenvalue weighted by Crippen LogP contribution is -2.18. The second-order valence-corrected chi connectivity index (χ2v) is 22.1. The van der Waals surface area contributed by atoms with E-state index in [2.05, 4.69) is 150 Å². The van der Waals surface area contributed by atoms with E-state index < -0.39 is 28.1 Å². The zero-order valence-electron chi connectivity index (χ0n) is 27.4. The molecule has 0 spiro atoms. The molecule has 0 aliphatic heterocycles. The third kappa shape index (κ3) is 5.28. The molecule has 0 radical (unpaired) electrons. The minimum atomic E-state index is -1.49. The number of fused-ring (bicyclic) bond motifs is 7. The van der Waals surface area contributed by atoms with E-state index in [1.165, 1.54) is 47.7 Å². The summed E-state index contributed by atoms with van der Waals surface area (Å²) in [7, 11) is 0.801. The van der Waals surface area contributed by atoms with E-state index in [-0.39, 0.29) is 6.04 Å². The van der Waals surface area contributed by atoms with Gasteiger partial charge in [-0.05, 0) is 75.9 Å². The summed E-state index contributed by atoms with van der Waals surface area (Å²) in [5.74, 6) is 3.29. The van der Waals surface area contributed by atoms with E-state index in [1.54, 1.807) is 0 Å². The normalized spacial score (nSPS) is 16.0. The van der Waals surface area contributed by atoms with Crippen LogP contribution in [0, 0.1) is 0 Å². The lowest BCUT2D eigenvalue weighted by Gasteiger charge is -2.34. The Morgan fingerprint density at radius 1 is 0.705 bits per heavy atom. The first kappa shape index (κ1) is 31.2. The Morgan fingerprint density at radius 3 is 1.70 bits per heavy atom. The van der Waals surface area contributed by atoms with E-state index in [4.69, 9.17) is 8.39 Å². The van der Waals surface area contributed by atoms with Gasteiger partial charge in [0.1, 0.15) is 0 Å². The molecule has 44 heavy (non-hydrogen) atoms. The number of rotatable bonds is 8. The van der Waals surface area contributed by atoms with Crippen molar-refractivity contribution in [2.24, 2.45) is 0 Å². The monoisotopic (exact) mass is 641 g/mol. The lowest BCUT2D eigenvalue weighted by atomic mass is 9.98. The van der Waals surface area contributed by atoms with Gasteiger partial charge in [-0.3, -0.25) is 9.88 Å². The molecule has 0 amide bonds. The summed E-state index contributed by atoms with van der Waals surface area (Å²) in [6.45, 7) is 9.26. The van der Waals surface area contributed by atoms with Gasteiger partial charge in [0.2, 0.25) is 0 Å². The van der Waals surface area contributed by atoms with Gasteiger partial charge in [-0.25, -0.2) is 10.0 Å². The first-order valence-corrected chi connectivity index (χ1v) is 21.8. The number of hydrogen-bond acceptors (Lipinski definition) is 3. The van der Waals surface area contributed by atoms with Crippen molar-refractivity contribution in [1.82, 2.24) is 0 Å². The Morgan fingerprint density at radius 2 is 1.18 bits per heavy atom. The van der Waals surface area contributed by atoms with Gasteiger partial charge >= 0.3 is 8.16 Å². The summed E-state index contributed by atoms with van der Waals surface area (Å²) >= 11 is 0. The molecule has 5 aromatic carbocycles. The van der Waals surface area contributed by atoms with Crippen LogP contribution in [-0.4, -0.2) is 43.9 Å². The molecule has 2 unspecified atom stereocenters. The van der Waals surface area contributed by atoms with Crippen molar-refractivity contribution in [3.8, 4) is 0 Å². The summed E-state index contributed by atoms with van der Waals surface area (Å²) in [4.78, 5) is 2.69. The number of benzene rings is 5. The van der Waals surface area contributed by atoms with Crippen LogP contribution in [0.5, 0.6) is 0 Å². The Balaban J connectivity index is 1.92. The second-order valence-electron chi connectivity index (χ2n) is 12.4. The average Bonchev–Trinajstić information content (AvgIpc) is 3.25. The average molecular weight is 642 g/mol. The van der Waals surface area contributed by atoms with Gasteiger partial charge in [-0.1, -0.05) is 99.6 Å². The quantitative estimate of drug-likeness (QED) is 0.155. The van der Waals surface area contributed by atoms with Crippen LogP contribution in [0.4, 0.5) is 0 Å². The van der Waals surface area contributed by atoms with Crippen LogP contribution in [0.2, 0.25) is 0 Å². The largest absolute Gasteiger partial charge is 0.407 e. The molecule has 0 saturated heterocycles. The van der Waals surface area contributed by atoms with Crippen LogP contribution in [0.15, 0.2) is 109 Å². The number of hydrogen-bond donors (Lipinski definition) is 0. The maximum Gasteiger partial charge on any atom is 0.310 e. The predicted molar refractivity (Wildman–Crippen MR) is 204 cm³/mol. The summed E-state index contributed by atoms with van der Waals surface area (Å²) in [6.07, 6.45) is 4.90. The van der Waals surface area contributed by atoms with Crippen molar-refractivity contribution < 1.29 is 8.39 Å². The first-order valence-electron chi connectivity index (χ1n) is 15.6. The van der Waals surface area contributed by atoms with E-state index in [0.717, 1.165) is 28.4 Å². The van der Waals surface area contributed by atoms with Crippen LogP contribution < -0.4 is 4.67 Å². The standard InChI is InChI=1S/C37H45BNO2PS2/c1-8-43(6,9-2)32-24-28-20-14-16-22-30(28)34-35-31-23-17-15-21-29(31)25-33(44(7,38)10-3)37(35)41-42(40-36(32)34)39(5)26(4)27-18-12-11-13-19-27/h11-26H,8-10,38H2,1-7H3/t26-,42?/m0/s1. The van der Waals surface area contributed by atoms with Gasteiger partial charge in [0, 0.05) is 33.7 Å². The van der Waals surface area contributed by atoms with E-state index >= 15 is 0 Å². The topological polar surface area (TPSA) is 29.5 Å². The third-order valence-corrected chi connectivity index (χ3v) is 18.1. The summed E-state index contributed by atoms with van der Waals surface area (Å²) < 4.78 is 17.1. The molecule has 0 saturated carbocycles. The zero-order chi connectivity index (χ0) is 31.2. The number of nitrogens with zero attached hydrogens (tertiary/aromatic N) is 1. The molecule has 6 rings (SSSR count). The fourth-order valence-electron chi connectivity index (χ4n) is 6.12. The van der Waals surface area contributed by atoms with Crippen molar-refractivity contribution in [3.63, 3.8) is 0 Å². The maximum absolute atomic E-state index is 7.38. The van der Waals surface area contributed by atoms with Gasteiger partial charge < -0.3 is 8.39 Å². The molecule has 3 nitrogen and oxygen atoms in total. The Kier molecular flexibility index (Phi) is 8.67. The molecule has 1 aromatic heterocycles. The van der Waals surface area contributed by atoms with E-state index in [0.29, 0.717) is 0 Å². The van der Waals surface area contributed by atoms with Gasteiger partial charge in [-0.2, -0.15) is 4.67 Å². The lowest BCUT2D eigenvalue weighted by molar-refractivity contribution is 0.606. The smallest absolute Gasteiger partial charge is 0.310 e. The molecule has 3 atom stereocenters.